The number of hydrogen-bond acceptors (Lipinski definition) is 4. The van der Waals surface area contributed by atoms with Crippen molar-refractivity contribution in [2.24, 2.45) is 0 Å². The highest BCUT2D eigenvalue weighted by Crippen LogP contribution is 2.36. The van der Waals surface area contributed by atoms with Gasteiger partial charge < -0.3 is 18.6 Å². The Balaban J connectivity index is 2.32. The summed E-state index contributed by atoms with van der Waals surface area (Å²) >= 11 is 0. The Hall–Kier alpha value is -1.27. The van der Waals surface area contributed by atoms with E-state index in [0.29, 0.717) is 5.69 Å². The van der Waals surface area contributed by atoms with E-state index in [1.54, 1.807) is 6.07 Å². The number of carbonyl (C=O) groups excluding carboxylic acids is 1. The number of esters is 1. The molecule has 0 bridgehead atoms. The lowest BCUT2D eigenvalue weighted by Gasteiger charge is -2.32. The average Bonchev–Trinajstić information content (AvgIpc) is 2.89. The van der Waals surface area contributed by atoms with Crippen LogP contribution in [0.4, 0.5) is 0 Å². The molecule has 116 valence electrons. The highest BCUT2D eigenvalue weighted by atomic mass is 16.7. The second kappa shape index (κ2) is 5.50. The van der Waals surface area contributed by atoms with Crippen molar-refractivity contribution in [1.82, 2.24) is 4.57 Å². The fourth-order valence-electron chi connectivity index (χ4n) is 2.34. The van der Waals surface area contributed by atoms with Crippen molar-refractivity contribution in [3.05, 3.63) is 18.0 Å². The molecular formula is C15H24BNO4. The molecule has 0 spiro atoms. The van der Waals surface area contributed by atoms with Crippen molar-refractivity contribution in [2.45, 2.75) is 58.8 Å². The maximum atomic E-state index is 11.9. The van der Waals surface area contributed by atoms with Crippen LogP contribution in [0.1, 0.15) is 51.5 Å². The minimum absolute atomic E-state index is 0.341. The zero-order chi connectivity index (χ0) is 15.8. The van der Waals surface area contributed by atoms with E-state index < -0.39 is 18.3 Å². The molecule has 2 rings (SSSR count). The maximum absolute atomic E-state index is 11.9. The number of methoxy groups -OCH3 is 1. The number of carbonyl (C=O) groups is 1. The maximum Gasteiger partial charge on any atom is 0.496 e. The third-order valence-electron chi connectivity index (χ3n) is 4.30. The van der Waals surface area contributed by atoms with Gasteiger partial charge in [-0.25, -0.2) is 4.79 Å². The monoisotopic (exact) mass is 293 g/mol. The number of rotatable bonds is 4. The van der Waals surface area contributed by atoms with Crippen LogP contribution >= 0.6 is 0 Å². The van der Waals surface area contributed by atoms with Gasteiger partial charge in [0, 0.05) is 18.2 Å². The Kier molecular flexibility index (Phi) is 4.22. The van der Waals surface area contributed by atoms with Gasteiger partial charge in [-0.05, 0) is 40.2 Å². The zero-order valence-electron chi connectivity index (χ0n) is 13.7. The van der Waals surface area contributed by atoms with Crippen LogP contribution in [0.3, 0.4) is 0 Å². The Labute approximate surface area is 126 Å². The fraction of sp³-hybridized carbons (Fsp3) is 0.667. The van der Waals surface area contributed by atoms with Crippen LogP contribution in [0.25, 0.3) is 0 Å². The molecule has 0 amide bonds. The van der Waals surface area contributed by atoms with Crippen LogP contribution in [0.15, 0.2) is 12.3 Å². The van der Waals surface area contributed by atoms with Gasteiger partial charge in [0.2, 0.25) is 0 Å². The molecule has 1 aromatic heterocycles. The van der Waals surface area contributed by atoms with Gasteiger partial charge in [0.1, 0.15) is 5.69 Å². The van der Waals surface area contributed by atoms with Crippen molar-refractivity contribution in [3.63, 3.8) is 0 Å². The molecule has 1 aromatic rings. The highest BCUT2D eigenvalue weighted by molar-refractivity contribution is 6.62. The summed E-state index contributed by atoms with van der Waals surface area (Å²) < 4.78 is 18.8. The van der Waals surface area contributed by atoms with Gasteiger partial charge in [-0.2, -0.15) is 0 Å². The lowest BCUT2D eigenvalue weighted by atomic mass is 9.81. The Morgan fingerprint density at radius 2 is 1.86 bits per heavy atom. The van der Waals surface area contributed by atoms with Gasteiger partial charge in [0.15, 0.2) is 0 Å². The molecule has 0 saturated carbocycles. The SMILES string of the molecule is CCCn1cc(B2OC(C)(C)C(C)(C)O2)cc1C(=O)OC. The first-order valence-corrected chi connectivity index (χ1v) is 7.36. The van der Waals surface area contributed by atoms with Crippen LogP contribution in [0.5, 0.6) is 0 Å². The summed E-state index contributed by atoms with van der Waals surface area (Å²) in [7, 11) is 0.927. The van der Waals surface area contributed by atoms with Crippen molar-refractivity contribution < 1.29 is 18.8 Å². The summed E-state index contributed by atoms with van der Waals surface area (Å²) in [6.45, 7) is 10.9. The second-order valence-electron chi connectivity index (χ2n) is 6.43. The molecule has 1 aliphatic heterocycles. The van der Waals surface area contributed by atoms with Gasteiger partial charge in [-0.1, -0.05) is 6.92 Å². The zero-order valence-corrected chi connectivity index (χ0v) is 13.7. The van der Waals surface area contributed by atoms with Gasteiger partial charge in [0.25, 0.3) is 0 Å². The molecule has 5 nitrogen and oxygen atoms in total. The number of aryl methyl sites for hydroxylation is 1. The molecular weight excluding hydrogens is 269 g/mol. The quantitative estimate of drug-likeness (QED) is 0.629. The molecule has 0 atom stereocenters. The van der Waals surface area contributed by atoms with Crippen LogP contribution in [0, 0.1) is 0 Å². The smallest absolute Gasteiger partial charge is 0.464 e. The van der Waals surface area contributed by atoms with E-state index in [-0.39, 0.29) is 5.97 Å². The first kappa shape index (κ1) is 16.1. The molecule has 6 heteroatoms. The van der Waals surface area contributed by atoms with E-state index in [0.717, 1.165) is 18.4 Å². The molecule has 0 aliphatic carbocycles. The number of aromatic nitrogens is 1. The Bertz CT molecular complexity index is 520. The normalized spacial score (nSPS) is 19.8. The van der Waals surface area contributed by atoms with E-state index in [2.05, 4.69) is 6.92 Å². The molecule has 1 fully saturated rings. The number of nitrogens with zero attached hydrogens (tertiary/aromatic N) is 1. The summed E-state index contributed by atoms with van der Waals surface area (Å²) in [5.74, 6) is -0.341. The standard InChI is InChI=1S/C15H24BNO4/c1-7-8-17-10-11(9-12(17)13(18)19-6)16-20-14(2,3)15(4,5)21-16/h9-10H,7-8H2,1-6H3. The first-order valence-electron chi connectivity index (χ1n) is 7.36. The fourth-order valence-corrected chi connectivity index (χ4v) is 2.34. The molecule has 0 unspecified atom stereocenters. The average molecular weight is 293 g/mol. The number of ether oxygens (including phenoxy) is 1. The molecule has 0 N–H and O–H groups in total. The topological polar surface area (TPSA) is 49.7 Å². The predicted octanol–water partition coefficient (Wildman–Crippen LogP) is 1.98. The van der Waals surface area contributed by atoms with Gasteiger partial charge >= 0.3 is 13.1 Å². The van der Waals surface area contributed by atoms with E-state index in [4.69, 9.17) is 14.0 Å². The van der Waals surface area contributed by atoms with Crippen LogP contribution in [-0.2, 0) is 20.6 Å². The molecule has 0 aromatic carbocycles. The van der Waals surface area contributed by atoms with Crippen molar-refractivity contribution in [3.8, 4) is 0 Å². The molecule has 21 heavy (non-hydrogen) atoms. The van der Waals surface area contributed by atoms with Gasteiger partial charge in [-0.3, -0.25) is 0 Å². The van der Waals surface area contributed by atoms with Crippen molar-refractivity contribution in [1.29, 1.82) is 0 Å². The van der Waals surface area contributed by atoms with Crippen molar-refractivity contribution >= 4 is 18.6 Å². The molecule has 2 heterocycles. The first-order chi connectivity index (χ1) is 9.71. The summed E-state index contributed by atoms with van der Waals surface area (Å²) in [6, 6.07) is 1.80. The number of hydrogen-bond donors (Lipinski definition) is 0. The van der Waals surface area contributed by atoms with E-state index >= 15 is 0 Å². The summed E-state index contributed by atoms with van der Waals surface area (Å²) in [4.78, 5) is 11.9. The Morgan fingerprint density at radius 1 is 1.29 bits per heavy atom. The third kappa shape index (κ3) is 2.87. The summed E-state index contributed by atoms with van der Waals surface area (Å²) in [5, 5.41) is 0. The van der Waals surface area contributed by atoms with Gasteiger partial charge in [-0.15, -0.1) is 0 Å². The Morgan fingerprint density at radius 3 is 2.33 bits per heavy atom. The highest BCUT2D eigenvalue weighted by Gasteiger charge is 2.52. The van der Waals surface area contributed by atoms with Gasteiger partial charge in [0.05, 0.1) is 18.3 Å². The van der Waals surface area contributed by atoms with E-state index in [9.17, 15) is 4.79 Å². The van der Waals surface area contributed by atoms with Crippen LogP contribution < -0.4 is 5.46 Å². The van der Waals surface area contributed by atoms with Crippen LogP contribution in [-0.4, -0.2) is 36.0 Å². The van der Waals surface area contributed by atoms with Crippen LogP contribution in [0.2, 0.25) is 0 Å². The molecule has 1 aliphatic rings. The lowest BCUT2D eigenvalue weighted by Crippen LogP contribution is -2.41. The minimum Gasteiger partial charge on any atom is -0.464 e. The summed E-state index contributed by atoms with van der Waals surface area (Å²) in [5.41, 5.74) is 0.595. The third-order valence-corrected chi connectivity index (χ3v) is 4.30. The van der Waals surface area contributed by atoms with E-state index in [1.165, 1.54) is 7.11 Å². The molecule has 0 radical (unpaired) electrons. The predicted molar refractivity (Wildman–Crippen MR) is 81.8 cm³/mol. The molecule has 1 saturated heterocycles. The second-order valence-corrected chi connectivity index (χ2v) is 6.43. The minimum atomic E-state index is -0.462. The largest absolute Gasteiger partial charge is 0.496 e. The summed E-state index contributed by atoms with van der Waals surface area (Å²) in [6.07, 6.45) is 2.85. The van der Waals surface area contributed by atoms with Crippen molar-refractivity contribution in [2.75, 3.05) is 7.11 Å². The van der Waals surface area contributed by atoms with E-state index in [1.807, 2.05) is 38.5 Å². The lowest BCUT2D eigenvalue weighted by molar-refractivity contribution is 0.00578.